The number of likely N-dealkylation sites (tertiary alicyclic amines) is 1. The third-order valence-electron chi connectivity index (χ3n) is 7.79. The smallest absolute Gasteiger partial charge is 0.416 e. The lowest BCUT2D eigenvalue weighted by molar-refractivity contribution is 0.165. The lowest BCUT2D eigenvalue weighted by Crippen LogP contribution is -2.47. The van der Waals surface area contributed by atoms with E-state index in [-0.39, 0.29) is 23.5 Å². The standard InChI is InChI=1S/C26H35FN6O2/c1-17(20-7-4-18(14-21(20)27)15-32-12-9-25(2,28)10-13-32)30-23-29-11-8-22(31-23)33-24(34)35-16-26(33,3)19-5-6-19/h4,7-8,11,14,17,19H,5-6,9-10,12-13,15-16,28H2,1-3H3,(H,29,30,31)/t17-,26+/m0/s1. The zero-order valence-corrected chi connectivity index (χ0v) is 20.8. The Labute approximate surface area is 206 Å². The zero-order chi connectivity index (χ0) is 24.8. The normalized spacial score (nSPS) is 25.4. The van der Waals surface area contributed by atoms with Crippen LogP contribution in [0.15, 0.2) is 30.5 Å². The molecule has 2 saturated heterocycles. The molecule has 9 heteroatoms. The number of carbonyl (C=O) groups excluding carboxylic acids is 1. The molecule has 3 fully saturated rings. The average Bonchev–Trinajstić information content (AvgIpc) is 3.61. The summed E-state index contributed by atoms with van der Waals surface area (Å²) in [5, 5.41) is 3.19. The molecule has 5 rings (SSSR count). The lowest BCUT2D eigenvalue weighted by Gasteiger charge is -2.36. The lowest BCUT2D eigenvalue weighted by atomic mass is 9.91. The number of rotatable bonds is 7. The minimum absolute atomic E-state index is 0.0995. The summed E-state index contributed by atoms with van der Waals surface area (Å²) in [7, 11) is 0. The molecule has 8 nitrogen and oxygen atoms in total. The fraction of sp³-hybridized carbons (Fsp3) is 0.577. The minimum atomic E-state index is -0.395. The van der Waals surface area contributed by atoms with Crippen LogP contribution in [0.1, 0.15) is 63.6 Å². The van der Waals surface area contributed by atoms with Crippen LogP contribution in [0.3, 0.4) is 0 Å². The van der Waals surface area contributed by atoms with E-state index < -0.39 is 5.54 Å². The number of nitrogens with zero attached hydrogens (tertiary/aromatic N) is 4. The number of nitrogens with two attached hydrogens (primary N) is 1. The van der Waals surface area contributed by atoms with E-state index in [4.69, 9.17) is 10.5 Å². The number of hydrogen-bond acceptors (Lipinski definition) is 7. The van der Waals surface area contributed by atoms with Gasteiger partial charge >= 0.3 is 6.09 Å². The van der Waals surface area contributed by atoms with Gasteiger partial charge in [-0.05, 0) is 70.1 Å². The molecule has 1 aromatic heterocycles. The number of benzene rings is 1. The number of cyclic esters (lactones) is 1. The number of hydrogen-bond donors (Lipinski definition) is 2. The van der Waals surface area contributed by atoms with Gasteiger partial charge in [0.25, 0.3) is 0 Å². The fourth-order valence-corrected chi connectivity index (χ4v) is 5.22. The number of ether oxygens (including phenoxy) is 1. The van der Waals surface area contributed by atoms with Crippen LogP contribution >= 0.6 is 0 Å². The SMILES string of the molecule is C[C@H](Nc1nccc(N2C(=O)OC[C@]2(C)C2CC2)n1)c1ccc(CN2CCC(C)(N)CC2)cc1F. The molecule has 35 heavy (non-hydrogen) atoms. The molecule has 0 unspecified atom stereocenters. The van der Waals surface area contributed by atoms with Gasteiger partial charge in [-0.3, -0.25) is 9.80 Å². The first kappa shape index (κ1) is 23.9. The Kier molecular flexibility index (Phi) is 6.17. The Morgan fingerprint density at radius 3 is 2.69 bits per heavy atom. The largest absolute Gasteiger partial charge is 0.447 e. The molecule has 3 heterocycles. The van der Waals surface area contributed by atoms with Crippen LogP contribution in [-0.4, -0.2) is 51.7 Å². The van der Waals surface area contributed by atoms with Gasteiger partial charge in [0, 0.05) is 36.9 Å². The second-order valence-corrected chi connectivity index (χ2v) is 10.9. The number of carbonyl (C=O) groups is 1. The summed E-state index contributed by atoms with van der Waals surface area (Å²) in [5.41, 5.74) is 7.22. The number of halogens is 1. The van der Waals surface area contributed by atoms with Gasteiger partial charge in [-0.2, -0.15) is 4.98 Å². The second-order valence-electron chi connectivity index (χ2n) is 10.9. The van der Waals surface area contributed by atoms with Gasteiger partial charge in [0.15, 0.2) is 0 Å². The van der Waals surface area contributed by atoms with E-state index in [0.717, 1.165) is 44.3 Å². The zero-order valence-electron chi connectivity index (χ0n) is 20.8. The number of amides is 1. The predicted octanol–water partition coefficient (Wildman–Crippen LogP) is 4.23. The maximum Gasteiger partial charge on any atom is 0.416 e. The highest BCUT2D eigenvalue weighted by atomic mass is 19.1. The van der Waals surface area contributed by atoms with Gasteiger partial charge in [0.05, 0.1) is 11.6 Å². The van der Waals surface area contributed by atoms with Crippen molar-refractivity contribution in [2.45, 2.75) is 70.1 Å². The Morgan fingerprint density at radius 1 is 1.26 bits per heavy atom. The van der Waals surface area contributed by atoms with Crippen molar-refractivity contribution >= 4 is 17.9 Å². The summed E-state index contributed by atoms with van der Waals surface area (Å²) >= 11 is 0. The number of nitrogens with one attached hydrogen (secondary N) is 1. The van der Waals surface area contributed by atoms with Crippen LogP contribution in [-0.2, 0) is 11.3 Å². The van der Waals surface area contributed by atoms with E-state index in [9.17, 15) is 4.79 Å². The third kappa shape index (κ3) is 4.97. The molecule has 0 spiro atoms. The van der Waals surface area contributed by atoms with Crippen LogP contribution < -0.4 is 16.0 Å². The molecule has 2 aliphatic heterocycles. The summed E-state index contributed by atoms with van der Waals surface area (Å²) < 4.78 is 20.4. The van der Waals surface area contributed by atoms with Gasteiger partial charge in [0.2, 0.25) is 5.95 Å². The second kappa shape index (κ2) is 9.02. The van der Waals surface area contributed by atoms with E-state index in [0.29, 0.717) is 36.4 Å². The van der Waals surface area contributed by atoms with Crippen molar-refractivity contribution in [3.05, 3.63) is 47.4 Å². The third-order valence-corrected chi connectivity index (χ3v) is 7.79. The first-order valence-electron chi connectivity index (χ1n) is 12.5. The summed E-state index contributed by atoms with van der Waals surface area (Å²) in [6.07, 6.45) is 5.28. The highest BCUT2D eigenvalue weighted by Crippen LogP contribution is 2.47. The van der Waals surface area contributed by atoms with Crippen LogP contribution in [0, 0.1) is 11.7 Å². The van der Waals surface area contributed by atoms with Crippen LogP contribution in [0.4, 0.5) is 21.0 Å². The molecule has 0 bridgehead atoms. The van der Waals surface area contributed by atoms with Crippen molar-refractivity contribution in [1.82, 2.24) is 14.9 Å². The van der Waals surface area contributed by atoms with E-state index >= 15 is 4.39 Å². The molecule has 2 aromatic rings. The van der Waals surface area contributed by atoms with Crippen molar-refractivity contribution in [3.8, 4) is 0 Å². The van der Waals surface area contributed by atoms with Gasteiger partial charge in [-0.25, -0.2) is 14.2 Å². The van der Waals surface area contributed by atoms with Gasteiger partial charge in [0.1, 0.15) is 18.2 Å². The number of piperidine rings is 1. The Balaban J connectivity index is 1.26. The Morgan fingerprint density at radius 2 is 2.00 bits per heavy atom. The topological polar surface area (TPSA) is 96.6 Å². The molecule has 2 atom stereocenters. The summed E-state index contributed by atoms with van der Waals surface area (Å²) in [4.78, 5) is 25.3. The maximum atomic E-state index is 15.1. The molecule has 3 N–H and O–H groups in total. The first-order valence-corrected chi connectivity index (χ1v) is 12.5. The molecule has 1 amide bonds. The maximum absolute atomic E-state index is 15.1. The summed E-state index contributed by atoms with van der Waals surface area (Å²) in [5.74, 6) is 0.993. The van der Waals surface area contributed by atoms with E-state index in [2.05, 4.69) is 27.1 Å². The Bertz CT molecular complexity index is 1100. The number of aromatic nitrogens is 2. The monoisotopic (exact) mass is 482 g/mol. The summed E-state index contributed by atoms with van der Waals surface area (Å²) in [6, 6.07) is 6.78. The minimum Gasteiger partial charge on any atom is -0.447 e. The summed E-state index contributed by atoms with van der Waals surface area (Å²) in [6.45, 7) is 8.93. The van der Waals surface area contributed by atoms with E-state index in [1.165, 1.54) is 0 Å². The van der Waals surface area contributed by atoms with Crippen LogP contribution in [0.25, 0.3) is 0 Å². The van der Waals surface area contributed by atoms with Crippen molar-refractivity contribution < 1.29 is 13.9 Å². The first-order chi connectivity index (χ1) is 16.6. The van der Waals surface area contributed by atoms with Crippen molar-refractivity contribution in [2.75, 3.05) is 29.9 Å². The molecule has 1 aliphatic carbocycles. The van der Waals surface area contributed by atoms with Gasteiger partial charge in [-0.1, -0.05) is 12.1 Å². The quantitative estimate of drug-likeness (QED) is 0.610. The number of anilines is 2. The average molecular weight is 483 g/mol. The van der Waals surface area contributed by atoms with Crippen molar-refractivity contribution in [2.24, 2.45) is 11.7 Å². The van der Waals surface area contributed by atoms with E-state index in [1.807, 2.05) is 26.0 Å². The molecule has 0 radical (unpaired) electrons. The Hall–Kier alpha value is -2.78. The molecular weight excluding hydrogens is 447 g/mol. The molecule has 188 valence electrons. The fourth-order valence-electron chi connectivity index (χ4n) is 5.22. The van der Waals surface area contributed by atoms with Gasteiger partial charge in [-0.15, -0.1) is 0 Å². The van der Waals surface area contributed by atoms with Crippen molar-refractivity contribution in [3.63, 3.8) is 0 Å². The highest BCUT2D eigenvalue weighted by Gasteiger charge is 2.54. The molecule has 3 aliphatic rings. The molecular formula is C26H35FN6O2. The van der Waals surface area contributed by atoms with Gasteiger partial charge < -0.3 is 15.8 Å². The van der Waals surface area contributed by atoms with Crippen molar-refractivity contribution in [1.29, 1.82) is 0 Å². The van der Waals surface area contributed by atoms with Crippen LogP contribution in [0.2, 0.25) is 0 Å². The molecule has 1 aromatic carbocycles. The highest BCUT2D eigenvalue weighted by molar-refractivity contribution is 5.90. The van der Waals surface area contributed by atoms with E-state index in [1.54, 1.807) is 23.2 Å². The predicted molar refractivity (Wildman–Crippen MR) is 133 cm³/mol. The van der Waals surface area contributed by atoms with Crippen LogP contribution in [0.5, 0.6) is 0 Å². The molecule has 1 saturated carbocycles.